The van der Waals surface area contributed by atoms with E-state index >= 15 is 0 Å². The lowest BCUT2D eigenvalue weighted by Crippen LogP contribution is -2.44. The summed E-state index contributed by atoms with van der Waals surface area (Å²) in [6.45, 7) is 1.08. The van der Waals surface area contributed by atoms with E-state index in [1.54, 1.807) is 24.1 Å². The van der Waals surface area contributed by atoms with E-state index in [-0.39, 0.29) is 23.9 Å². The van der Waals surface area contributed by atoms with Gasteiger partial charge < -0.3 is 15.0 Å². The molecular formula is C16H22F2N2O2. The van der Waals surface area contributed by atoms with Gasteiger partial charge in [0.2, 0.25) is 0 Å². The molecule has 22 heavy (non-hydrogen) atoms. The van der Waals surface area contributed by atoms with Crippen molar-refractivity contribution in [3.63, 3.8) is 0 Å². The molecule has 0 spiro atoms. The van der Waals surface area contributed by atoms with Crippen LogP contribution < -0.4 is 10.1 Å². The predicted molar refractivity (Wildman–Crippen MR) is 80.0 cm³/mol. The van der Waals surface area contributed by atoms with E-state index in [4.69, 9.17) is 0 Å². The van der Waals surface area contributed by atoms with E-state index in [0.717, 1.165) is 5.56 Å². The second-order valence-electron chi connectivity index (χ2n) is 5.81. The molecule has 0 saturated heterocycles. The fourth-order valence-corrected chi connectivity index (χ4v) is 2.39. The van der Waals surface area contributed by atoms with Gasteiger partial charge in [0.15, 0.2) is 0 Å². The van der Waals surface area contributed by atoms with Gasteiger partial charge in [-0.1, -0.05) is 12.1 Å². The highest BCUT2D eigenvalue weighted by atomic mass is 19.3. The molecule has 122 valence electrons. The Kier molecular flexibility index (Phi) is 5.21. The standard InChI is InChI=1S/C16H22F2N2O2/c1-10(12-6-8-14(9-7-12)22-15(17)18)19-16(21)20(3)11(2)13-4-5-13/h6-11,13,15H,4-5H2,1-3H3,(H,19,21). The Morgan fingerprint density at radius 1 is 1.27 bits per heavy atom. The van der Waals surface area contributed by atoms with Gasteiger partial charge in [-0.25, -0.2) is 4.79 Å². The summed E-state index contributed by atoms with van der Waals surface area (Å²) in [4.78, 5) is 13.9. The Labute approximate surface area is 129 Å². The summed E-state index contributed by atoms with van der Waals surface area (Å²) in [6.07, 6.45) is 2.36. The lowest BCUT2D eigenvalue weighted by Gasteiger charge is -2.27. The summed E-state index contributed by atoms with van der Waals surface area (Å²) in [7, 11) is 1.80. The van der Waals surface area contributed by atoms with Gasteiger partial charge in [0.05, 0.1) is 6.04 Å². The summed E-state index contributed by atoms with van der Waals surface area (Å²) in [6, 6.07) is 6.19. The molecule has 1 fully saturated rings. The molecule has 1 aliphatic rings. The molecule has 1 aromatic rings. The van der Waals surface area contributed by atoms with Gasteiger partial charge in [-0.3, -0.25) is 0 Å². The summed E-state index contributed by atoms with van der Waals surface area (Å²) < 4.78 is 28.5. The number of carbonyl (C=O) groups excluding carboxylic acids is 1. The largest absolute Gasteiger partial charge is 0.435 e. The van der Waals surface area contributed by atoms with Crippen molar-refractivity contribution in [3.8, 4) is 5.75 Å². The van der Waals surface area contributed by atoms with Crippen molar-refractivity contribution in [3.05, 3.63) is 29.8 Å². The number of hydrogen-bond donors (Lipinski definition) is 1. The summed E-state index contributed by atoms with van der Waals surface area (Å²) >= 11 is 0. The summed E-state index contributed by atoms with van der Waals surface area (Å²) in [5.74, 6) is 0.716. The van der Waals surface area contributed by atoms with E-state index in [1.807, 2.05) is 6.92 Å². The topological polar surface area (TPSA) is 41.6 Å². The molecule has 0 aromatic heterocycles. The van der Waals surface area contributed by atoms with Gasteiger partial charge in [0.25, 0.3) is 0 Å². The average Bonchev–Trinajstić information content (AvgIpc) is 3.30. The maximum absolute atomic E-state index is 12.2. The van der Waals surface area contributed by atoms with Gasteiger partial charge in [-0.2, -0.15) is 8.78 Å². The molecule has 4 nitrogen and oxygen atoms in total. The Morgan fingerprint density at radius 2 is 1.86 bits per heavy atom. The molecule has 0 radical (unpaired) electrons. The highest BCUT2D eigenvalue weighted by Crippen LogP contribution is 2.34. The first-order valence-electron chi connectivity index (χ1n) is 7.46. The molecule has 6 heteroatoms. The minimum Gasteiger partial charge on any atom is -0.435 e. The summed E-state index contributed by atoms with van der Waals surface area (Å²) in [5.41, 5.74) is 0.836. The van der Waals surface area contributed by atoms with Gasteiger partial charge in [0.1, 0.15) is 5.75 Å². The van der Waals surface area contributed by atoms with Crippen molar-refractivity contribution in [2.45, 2.75) is 45.4 Å². The fourth-order valence-electron chi connectivity index (χ4n) is 2.39. The predicted octanol–water partition coefficient (Wildman–Crippen LogP) is 3.79. The van der Waals surface area contributed by atoms with Gasteiger partial charge >= 0.3 is 12.6 Å². The van der Waals surface area contributed by atoms with Crippen LogP contribution in [0.15, 0.2) is 24.3 Å². The van der Waals surface area contributed by atoms with Crippen molar-refractivity contribution >= 4 is 6.03 Å². The van der Waals surface area contributed by atoms with E-state index < -0.39 is 6.61 Å². The normalized spacial score (nSPS) is 17.0. The SMILES string of the molecule is CC(NC(=O)N(C)C(C)C1CC1)c1ccc(OC(F)F)cc1. The van der Waals surface area contributed by atoms with E-state index in [0.29, 0.717) is 5.92 Å². The number of amides is 2. The second kappa shape index (κ2) is 6.94. The molecule has 0 heterocycles. The molecule has 2 rings (SSSR count). The van der Waals surface area contributed by atoms with Crippen LogP contribution in [0.5, 0.6) is 5.75 Å². The zero-order chi connectivity index (χ0) is 16.3. The lowest BCUT2D eigenvalue weighted by molar-refractivity contribution is -0.0498. The molecule has 1 aromatic carbocycles. The Morgan fingerprint density at radius 3 is 2.36 bits per heavy atom. The van der Waals surface area contributed by atoms with Gasteiger partial charge in [0, 0.05) is 13.1 Å². The number of ether oxygens (including phenoxy) is 1. The molecule has 1 aliphatic carbocycles. The van der Waals surface area contributed by atoms with Crippen LogP contribution in [0, 0.1) is 5.92 Å². The zero-order valence-corrected chi connectivity index (χ0v) is 13.1. The van der Waals surface area contributed by atoms with Crippen molar-refractivity contribution in [1.29, 1.82) is 0 Å². The fraction of sp³-hybridized carbons (Fsp3) is 0.562. The maximum atomic E-state index is 12.2. The highest BCUT2D eigenvalue weighted by molar-refractivity contribution is 5.74. The molecule has 1 saturated carbocycles. The molecule has 1 N–H and O–H groups in total. The van der Waals surface area contributed by atoms with Crippen LogP contribution in [0.1, 0.15) is 38.3 Å². The van der Waals surface area contributed by atoms with Crippen LogP contribution >= 0.6 is 0 Å². The minimum atomic E-state index is -2.83. The van der Waals surface area contributed by atoms with Crippen LogP contribution in [0.4, 0.5) is 13.6 Å². The first kappa shape index (κ1) is 16.5. The number of nitrogens with zero attached hydrogens (tertiary/aromatic N) is 1. The Balaban J connectivity index is 1.90. The van der Waals surface area contributed by atoms with Crippen LogP contribution in [0.25, 0.3) is 0 Å². The van der Waals surface area contributed by atoms with E-state index in [9.17, 15) is 13.6 Å². The van der Waals surface area contributed by atoms with Gasteiger partial charge in [-0.05, 0) is 50.3 Å². The number of hydrogen-bond acceptors (Lipinski definition) is 2. The number of carbonyl (C=O) groups is 1. The van der Waals surface area contributed by atoms with Crippen molar-refractivity contribution in [1.82, 2.24) is 10.2 Å². The number of rotatable bonds is 6. The highest BCUT2D eigenvalue weighted by Gasteiger charge is 2.32. The smallest absolute Gasteiger partial charge is 0.387 e. The molecule has 2 amide bonds. The van der Waals surface area contributed by atoms with Crippen molar-refractivity contribution in [2.24, 2.45) is 5.92 Å². The van der Waals surface area contributed by atoms with Crippen LogP contribution in [0.2, 0.25) is 0 Å². The average molecular weight is 312 g/mol. The molecule has 2 atom stereocenters. The van der Waals surface area contributed by atoms with Crippen molar-refractivity contribution < 1.29 is 18.3 Å². The third kappa shape index (κ3) is 4.32. The number of alkyl halides is 2. The molecule has 2 unspecified atom stereocenters. The van der Waals surface area contributed by atoms with Crippen LogP contribution in [-0.2, 0) is 0 Å². The quantitative estimate of drug-likeness (QED) is 0.868. The maximum Gasteiger partial charge on any atom is 0.387 e. The Hall–Kier alpha value is -1.85. The second-order valence-corrected chi connectivity index (χ2v) is 5.81. The number of benzene rings is 1. The van der Waals surface area contributed by atoms with Crippen molar-refractivity contribution in [2.75, 3.05) is 7.05 Å². The first-order chi connectivity index (χ1) is 10.4. The third-order valence-corrected chi connectivity index (χ3v) is 4.18. The first-order valence-corrected chi connectivity index (χ1v) is 7.46. The van der Waals surface area contributed by atoms with E-state index in [2.05, 4.69) is 17.0 Å². The van der Waals surface area contributed by atoms with E-state index in [1.165, 1.54) is 25.0 Å². The van der Waals surface area contributed by atoms with Gasteiger partial charge in [-0.15, -0.1) is 0 Å². The van der Waals surface area contributed by atoms with Crippen LogP contribution in [0.3, 0.4) is 0 Å². The Bertz CT molecular complexity index is 503. The molecular weight excluding hydrogens is 290 g/mol. The number of urea groups is 1. The summed E-state index contributed by atoms with van der Waals surface area (Å²) in [5, 5.41) is 2.92. The molecule has 0 bridgehead atoms. The third-order valence-electron chi connectivity index (χ3n) is 4.18. The number of nitrogens with one attached hydrogen (secondary N) is 1. The zero-order valence-electron chi connectivity index (χ0n) is 13.1. The lowest BCUT2D eigenvalue weighted by atomic mass is 10.1. The minimum absolute atomic E-state index is 0.108. The monoisotopic (exact) mass is 312 g/mol. The molecule has 0 aliphatic heterocycles. The van der Waals surface area contributed by atoms with Crippen LogP contribution in [-0.4, -0.2) is 30.6 Å². The number of halogens is 2.